The summed E-state index contributed by atoms with van der Waals surface area (Å²) in [6.07, 6.45) is 0. The lowest BCUT2D eigenvalue weighted by molar-refractivity contribution is 0.0600. The van der Waals surface area contributed by atoms with Gasteiger partial charge in [0.15, 0.2) is 5.76 Å². The van der Waals surface area contributed by atoms with Crippen LogP contribution in [-0.4, -0.2) is 23.3 Å². The number of rotatable bonds is 2. The maximum atomic E-state index is 11.6. The molecule has 2 rings (SSSR count). The maximum absolute atomic E-state index is 11.6. The lowest BCUT2D eigenvalue weighted by atomic mass is 10.1. The lowest BCUT2D eigenvalue weighted by Gasteiger charge is -2.00. The quantitative estimate of drug-likeness (QED) is 0.804. The monoisotopic (exact) mass is 233 g/mol. The number of phenols is 1. The number of carbonyl (C=O) groups excluding carboxylic acids is 1. The molecule has 0 saturated heterocycles. The highest BCUT2D eigenvalue weighted by Gasteiger charge is 2.22. The summed E-state index contributed by atoms with van der Waals surface area (Å²) in [6.45, 7) is 1.67. The molecular weight excluding hydrogens is 222 g/mol. The Morgan fingerprint density at radius 2 is 2.00 bits per heavy atom. The van der Waals surface area contributed by atoms with E-state index in [1.54, 1.807) is 19.1 Å². The second-order valence-electron chi connectivity index (χ2n) is 3.51. The first kappa shape index (κ1) is 11.2. The Labute approximate surface area is 97.6 Å². The van der Waals surface area contributed by atoms with Crippen LogP contribution in [0.2, 0.25) is 0 Å². The van der Waals surface area contributed by atoms with Crippen LogP contribution in [0.4, 0.5) is 0 Å². The van der Waals surface area contributed by atoms with Crippen LogP contribution in [-0.2, 0) is 4.74 Å². The van der Waals surface area contributed by atoms with E-state index in [1.165, 1.54) is 19.2 Å². The van der Waals surface area contributed by atoms with Crippen molar-refractivity contribution in [1.82, 2.24) is 5.16 Å². The molecule has 0 unspecified atom stereocenters. The number of hydrogen-bond acceptors (Lipinski definition) is 5. The first-order valence-corrected chi connectivity index (χ1v) is 4.97. The summed E-state index contributed by atoms with van der Waals surface area (Å²) in [5, 5.41) is 12.9. The molecule has 0 aliphatic rings. The van der Waals surface area contributed by atoms with Gasteiger partial charge >= 0.3 is 5.97 Å². The normalized spacial score (nSPS) is 10.2. The van der Waals surface area contributed by atoms with E-state index in [2.05, 4.69) is 9.89 Å². The molecule has 5 nitrogen and oxygen atoms in total. The van der Waals surface area contributed by atoms with Gasteiger partial charge in [-0.25, -0.2) is 4.79 Å². The lowest BCUT2D eigenvalue weighted by Crippen LogP contribution is -2.03. The van der Waals surface area contributed by atoms with E-state index < -0.39 is 5.97 Å². The standard InChI is InChI=1S/C12H11NO4/c1-7-10(12(15)16-2)11(17-13-7)8-3-5-9(14)6-4-8/h3-6,14H,1-2H3. The number of aromatic nitrogens is 1. The molecule has 0 saturated carbocycles. The second kappa shape index (κ2) is 4.29. The number of benzene rings is 1. The largest absolute Gasteiger partial charge is 0.508 e. The number of ether oxygens (including phenoxy) is 1. The van der Waals surface area contributed by atoms with Crippen molar-refractivity contribution in [1.29, 1.82) is 0 Å². The SMILES string of the molecule is COC(=O)c1c(C)noc1-c1ccc(O)cc1. The molecule has 17 heavy (non-hydrogen) atoms. The summed E-state index contributed by atoms with van der Waals surface area (Å²) >= 11 is 0. The summed E-state index contributed by atoms with van der Waals surface area (Å²) in [4.78, 5) is 11.6. The number of esters is 1. The fraction of sp³-hybridized carbons (Fsp3) is 0.167. The van der Waals surface area contributed by atoms with E-state index in [4.69, 9.17) is 4.52 Å². The van der Waals surface area contributed by atoms with Crippen LogP contribution < -0.4 is 0 Å². The molecular formula is C12H11NO4. The van der Waals surface area contributed by atoms with E-state index in [1.807, 2.05) is 0 Å². The molecule has 88 valence electrons. The first-order chi connectivity index (χ1) is 8.13. The zero-order valence-corrected chi connectivity index (χ0v) is 9.43. The highest BCUT2D eigenvalue weighted by atomic mass is 16.5. The highest BCUT2D eigenvalue weighted by molar-refractivity contribution is 5.96. The van der Waals surface area contributed by atoms with Crippen LogP contribution in [0.25, 0.3) is 11.3 Å². The number of carbonyl (C=O) groups is 1. The third-order valence-corrected chi connectivity index (χ3v) is 2.38. The van der Waals surface area contributed by atoms with Crippen LogP contribution in [0.15, 0.2) is 28.8 Å². The molecule has 0 atom stereocenters. The topological polar surface area (TPSA) is 72.6 Å². The van der Waals surface area contributed by atoms with Crippen LogP contribution in [0.1, 0.15) is 16.1 Å². The zero-order valence-electron chi connectivity index (χ0n) is 9.43. The van der Waals surface area contributed by atoms with Gasteiger partial charge in [0.05, 0.1) is 12.8 Å². The Balaban J connectivity index is 2.52. The van der Waals surface area contributed by atoms with E-state index in [9.17, 15) is 9.90 Å². The van der Waals surface area contributed by atoms with Gasteiger partial charge in [0.1, 0.15) is 11.3 Å². The molecule has 1 heterocycles. The van der Waals surface area contributed by atoms with Gasteiger partial charge in [-0.05, 0) is 31.2 Å². The van der Waals surface area contributed by atoms with Gasteiger partial charge < -0.3 is 14.4 Å². The molecule has 1 N–H and O–H groups in total. The zero-order chi connectivity index (χ0) is 12.4. The first-order valence-electron chi connectivity index (χ1n) is 4.97. The molecule has 1 aromatic carbocycles. The van der Waals surface area contributed by atoms with Crippen molar-refractivity contribution in [3.63, 3.8) is 0 Å². The third-order valence-electron chi connectivity index (χ3n) is 2.38. The van der Waals surface area contributed by atoms with E-state index in [0.717, 1.165) is 0 Å². The van der Waals surface area contributed by atoms with Crippen LogP contribution in [0, 0.1) is 6.92 Å². The molecule has 0 aliphatic heterocycles. The van der Waals surface area contributed by atoms with Gasteiger partial charge in [-0.1, -0.05) is 5.16 Å². The Morgan fingerprint density at radius 3 is 2.59 bits per heavy atom. The molecule has 0 aliphatic carbocycles. The van der Waals surface area contributed by atoms with Gasteiger partial charge in [0, 0.05) is 5.56 Å². The van der Waals surface area contributed by atoms with Crippen molar-refractivity contribution < 1.29 is 19.2 Å². The average molecular weight is 233 g/mol. The highest BCUT2D eigenvalue weighted by Crippen LogP contribution is 2.27. The van der Waals surface area contributed by atoms with Gasteiger partial charge in [-0.2, -0.15) is 0 Å². The minimum absolute atomic E-state index is 0.143. The van der Waals surface area contributed by atoms with Crippen LogP contribution >= 0.6 is 0 Å². The van der Waals surface area contributed by atoms with Crippen molar-refractivity contribution in [3.05, 3.63) is 35.5 Å². The number of aryl methyl sites for hydroxylation is 1. The van der Waals surface area contributed by atoms with Gasteiger partial charge in [0.25, 0.3) is 0 Å². The number of nitrogens with zero attached hydrogens (tertiary/aromatic N) is 1. The third kappa shape index (κ3) is 1.99. The number of hydrogen-bond donors (Lipinski definition) is 1. The van der Waals surface area contributed by atoms with Gasteiger partial charge in [-0.3, -0.25) is 0 Å². The van der Waals surface area contributed by atoms with E-state index in [0.29, 0.717) is 22.6 Å². The van der Waals surface area contributed by atoms with Gasteiger partial charge in [-0.15, -0.1) is 0 Å². The van der Waals surface area contributed by atoms with Gasteiger partial charge in [0.2, 0.25) is 0 Å². The minimum atomic E-state index is -0.494. The van der Waals surface area contributed by atoms with Crippen molar-refractivity contribution in [2.75, 3.05) is 7.11 Å². The number of methoxy groups -OCH3 is 1. The Bertz CT molecular complexity index is 542. The molecule has 0 bridgehead atoms. The predicted molar refractivity (Wildman–Crippen MR) is 59.7 cm³/mol. The molecule has 0 amide bonds. The number of aromatic hydroxyl groups is 1. The Kier molecular flexibility index (Phi) is 2.82. The minimum Gasteiger partial charge on any atom is -0.508 e. The summed E-state index contributed by atoms with van der Waals surface area (Å²) in [6, 6.07) is 6.30. The molecule has 0 radical (unpaired) electrons. The van der Waals surface area contributed by atoms with Crippen LogP contribution in [0.5, 0.6) is 5.75 Å². The fourth-order valence-electron chi connectivity index (χ4n) is 1.52. The van der Waals surface area contributed by atoms with Crippen molar-refractivity contribution >= 4 is 5.97 Å². The fourth-order valence-corrected chi connectivity index (χ4v) is 1.52. The second-order valence-corrected chi connectivity index (χ2v) is 3.51. The van der Waals surface area contributed by atoms with E-state index >= 15 is 0 Å². The van der Waals surface area contributed by atoms with E-state index in [-0.39, 0.29) is 5.75 Å². The van der Waals surface area contributed by atoms with Crippen molar-refractivity contribution in [2.24, 2.45) is 0 Å². The molecule has 0 spiro atoms. The predicted octanol–water partition coefficient (Wildman–Crippen LogP) is 2.14. The van der Waals surface area contributed by atoms with Crippen molar-refractivity contribution in [3.8, 4) is 17.1 Å². The maximum Gasteiger partial charge on any atom is 0.343 e. The average Bonchev–Trinajstić information content (AvgIpc) is 2.71. The summed E-state index contributed by atoms with van der Waals surface area (Å²) in [7, 11) is 1.30. The molecule has 0 fully saturated rings. The molecule has 2 aromatic rings. The smallest absolute Gasteiger partial charge is 0.343 e. The summed E-state index contributed by atoms with van der Waals surface area (Å²) < 4.78 is 9.78. The molecule has 5 heteroatoms. The Hall–Kier alpha value is -2.30. The van der Waals surface area contributed by atoms with Crippen LogP contribution in [0.3, 0.4) is 0 Å². The number of phenolic OH excluding ortho intramolecular Hbond substituents is 1. The molecule has 1 aromatic heterocycles. The summed E-state index contributed by atoms with van der Waals surface area (Å²) in [5.41, 5.74) is 1.43. The Morgan fingerprint density at radius 1 is 1.35 bits per heavy atom. The van der Waals surface area contributed by atoms with Crippen molar-refractivity contribution in [2.45, 2.75) is 6.92 Å². The summed E-state index contributed by atoms with van der Waals surface area (Å²) in [5.74, 6) is -0.00854.